The van der Waals surface area contributed by atoms with E-state index < -0.39 is 17.4 Å². The molecular weight excluding hydrogens is 190 g/mol. The number of ether oxygens (including phenoxy) is 1. The van der Waals surface area contributed by atoms with Crippen LogP contribution in [0.15, 0.2) is 18.2 Å². The predicted molar refractivity (Wildman–Crippen MR) is 48.0 cm³/mol. The highest BCUT2D eigenvalue weighted by Crippen LogP contribution is 2.23. The molecule has 1 aromatic rings. The molecule has 1 rings (SSSR count). The number of methoxy groups -OCH3 is 1. The van der Waals surface area contributed by atoms with Gasteiger partial charge in [-0.05, 0) is 23.8 Å². The van der Waals surface area contributed by atoms with Gasteiger partial charge in [0.05, 0.1) is 7.11 Å². The third kappa shape index (κ3) is 2.16. The third-order valence-electron chi connectivity index (χ3n) is 1.59. The van der Waals surface area contributed by atoms with E-state index >= 15 is 0 Å². The second-order valence-electron chi connectivity index (χ2n) is 2.51. The van der Waals surface area contributed by atoms with E-state index in [0.717, 1.165) is 18.2 Å². The minimum Gasteiger partial charge on any atom is -0.491 e. The number of aldehydes is 1. The van der Waals surface area contributed by atoms with Gasteiger partial charge in [0, 0.05) is 0 Å². The fourth-order valence-corrected chi connectivity index (χ4v) is 1.02. The molecule has 0 amide bonds. The molecule has 1 aromatic carbocycles. The summed E-state index contributed by atoms with van der Waals surface area (Å²) < 4.78 is 30.6. The molecule has 0 N–H and O–H groups in total. The van der Waals surface area contributed by atoms with Crippen molar-refractivity contribution in [2.75, 3.05) is 7.11 Å². The van der Waals surface area contributed by atoms with E-state index in [0.29, 0.717) is 6.29 Å². The first kappa shape index (κ1) is 10.4. The van der Waals surface area contributed by atoms with Gasteiger partial charge in [0.2, 0.25) is 0 Å². The molecule has 0 aliphatic carbocycles. The van der Waals surface area contributed by atoms with Crippen molar-refractivity contribution in [1.82, 2.24) is 0 Å². The number of rotatable bonds is 3. The molecule has 0 unspecified atom stereocenters. The van der Waals surface area contributed by atoms with Crippen LogP contribution in [0.3, 0.4) is 0 Å². The summed E-state index contributed by atoms with van der Waals surface area (Å²) in [6.07, 6.45) is 2.99. The van der Waals surface area contributed by atoms with Crippen molar-refractivity contribution in [3.63, 3.8) is 0 Å². The highest BCUT2D eigenvalue weighted by atomic mass is 19.1. The Balaban J connectivity index is 3.13. The van der Waals surface area contributed by atoms with Crippen LogP contribution < -0.4 is 4.74 Å². The van der Waals surface area contributed by atoms with Crippen LogP contribution in [0.1, 0.15) is 5.56 Å². The van der Waals surface area contributed by atoms with E-state index in [-0.39, 0.29) is 5.56 Å². The molecule has 0 saturated heterocycles. The van der Waals surface area contributed by atoms with E-state index in [2.05, 4.69) is 4.74 Å². The monoisotopic (exact) mass is 198 g/mol. The van der Waals surface area contributed by atoms with Crippen molar-refractivity contribution >= 4 is 12.4 Å². The number of allylic oxidation sites excluding steroid dienone is 1. The zero-order chi connectivity index (χ0) is 10.6. The minimum absolute atomic E-state index is 0.271. The van der Waals surface area contributed by atoms with Gasteiger partial charge in [-0.15, -0.1) is 0 Å². The molecule has 14 heavy (non-hydrogen) atoms. The summed E-state index contributed by atoms with van der Waals surface area (Å²) in [6.45, 7) is 0. The molecule has 0 saturated carbocycles. The Morgan fingerprint density at radius 3 is 2.29 bits per heavy atom. The summed E-state index contributed by atoms with van der Waals surface area (Å²) in [6, 6.07) is 2.17. The minimum atomic E-state index is -0.793. The first-order valence-electron chi connectivity index (χ1n) is 3.84. The van der Waals surface area contributed by atoms with Crippen molar-refractivity contribution in [2.45, 2.75) is 0 Å². The highest BCUT2D eigenvalue weighted by Gasteiger charge is 2.09. The molecule has 0 heterocycles. The summed E-state index contributed by atoms with van der Waals surface area (Å²) >= 11 is 0. The van der Waals surface area contributed by atoms with Crippen LogP contribution in [0.5, 0.6) is 5.75 Å². The Bertz CT molecular complexity index is 349. The quantitative estimate of drug-likeness (QED) is 0.549. The van der Waals surface area contributed by atoms with Crippen LogP contribution in [0, 0.1) is 11.6 Å². The van der Waals surface area contributed by atoms with Gasteiger partial charge in [0.1, 0.15) is 6.29 Å². The molecule has 0 atom stereocenters. The smallest absolute Gasteiger partial charge is 0.190 e. The van der Waals surface area contributed by atoms with E-state index in [9.17, 15) is 13.6 Å². The maximum atomic E-state index is 13.1. The Hall–Kier alpha value is -1.71. The molecule has 4 heteroatoms. The highest BCUT2D eigenvalue weighted by molar-refractivity contribution is 5.73. The molecule has 0 aliphatic heterocycles. The lowest BCUT2D eigenvalue weighted by Gasteiger charge is -2.03. The van der Waals surface area contributed by atoms with Crippen molar-refractivity contribution in [3.8, 4) is 5.75 Å². The van der Waals surface area contributed by atoms with Gasteiger partial charge in [-0.25, -0.2) is 8.78 Å². The SMILES string of the molecule is COc1c(F)cc(/C=C/C=O)cc1F. The molecule has 0 fully saturated rings. The normalized spacial score (nSPS) is 10.5. The molecule has 2 nitrogen and oxygen atoms in total. The second-order valence-corrected chi connectivity index (χ2v) is 2.51. The number of carbonyl (C=O) groups is 1. The van der Waals surface area contributed by atoms with Crippen LogP contribution in [0.2, 0.25) is 0 Å². The van der Waals surface area contributed by atoms with E-state index in [1.807, 2.05) is 0 Å². The number of benzene rings is 1. The molecular formula is C10H8F2O2. The van der Waals surface area contributed by atoms with Gasteiger partial charge in [0.15, 0.2) is 17.4 Å². The fraction of sp³-hybridized carbons (Fsp3) is 0.100. The second kappa shape index (κ2) is 4.50. The van der Waals surface area contributed by atoms with Gasteiger partial charge in [-0.1, -0.05) is 6.08 Å². The van der Waals surface area contributed by atoms with Gasteiger partial charge in [-0.2, -0.15) is 0 Å². The third-order valence-corrected chi connectivity index (χ3v) is 1.59. The van der Waals surface area contributed by atoms with Crippen LogP contribution >= 0.6 is 0 Å². The zero-order valence-corrected chi connectivity index (χ0v) is 7.46. The zero-order valence-electron chi connectivity index (χ0n) is 7.46. The lowest BCUT2D eigenvalue weighted by Crippen LogP contribution is -1.93. The van der Waals surface area contributed by atoms with Crippen LogP contribution in [0.25, 0.3) is 6.08 Å². The van der Waals surface area contributed by atoms with Gasteiger partial charge < -0.3 is 4.74 Å². The Morgan fingerprint density at radius 2 is 1.86 bits per heavy atom. The number of hydrogen-bond acceptors (Lipinski definition) is 2. The molecule has 74 valence electrons. The van der Waals surface area contributed by atoms with Gasteiger partial charge >= 0.3 is 0 Å². The summed E-state index contributed by atoms with van der Waals surface area (Å²) in [5.41, 5.74) is 0.271. The van der Waals surface area contributed by atoms with Crippen molar-refractivity contribution < 1.29 is 18.3 Å². The predicted octanol–water partition coefficient (Wildman–Crippen LogP) is 2.19. The molecule has 0 aromatic heterocycles. The summed E-state index contributed by atoms with van der Waals surface area (Å²) in [7, 11) is 1.18. The summed E-state index contributed by atoms with van der Waals surface area (Å²) in [4.78, 5) is 9.97. The van der Waals surface area contributed by atoms with Crippen LogP contribution in [0.4, 0.5) is 8.78 Å². The molecule has 0 aliphatic rings. The summed E-state index contributed by atoms with van der Waals surface area (Å²) in [5.74, 6) is -2.01. The maximum absolute atomic E-state index is 13.1. The number of carbonyl (C=O) groups excluding carboxylic acids is 1. The lowest BCUT2D eigenvalue weighted by atomic mass is 10.2. The van der Waals surface area contributed by atoms with Crippen molar-refractivity contribution in [3.05, 3.63) is 35.4 Å². The first-order chi connectivity index (χ1) is 6.69. The lowest BCUT2D eigenvalue weighted by molar-refractivity contribution is -0.104. The fourth-order valence-electron chi connectivity index (χ4n) is 1.02. The largest absolute Gasteiger partial charge is 0.491 e. The topological polar surface area (TPSA) is 26.3 Å². The van der Waals surface area contributed by atoms with Gasteiger partial charge in [-0.3, -0.25) is 4.79 Å². The average Bonchev–Trinajstić information content (AvgIpc) is 2.14. The van der Waals surface area contributed by atoms with E-state index in [1.54, 1.807) is 0 Å². The molecule has 0 radical (unpaired) electrons. The van der Waals surface area contributed by atoms with E-state index in [4.69, 9.17) is 0 Å². The number of hydrogen-bond donors (Lipinski definition) is 0. The Labute approximate surface area is 79.8 Å². The standard InChI is InChI=1S/C10H8F2O2/c1-14-10-8(11)5-7(3-2-4-13)6-9(10)12/h2-6H,1H3/b3-2+. The molecule has 0 spiro atoms. The molecule has 0 bridgehead atoms. The Morgan fingerprint density at radius 1 is 1.29 bits per heavy atom. The van der Waals surface area contributed by atoms with Crippen LogP contribution in [-0.2, 0) is 4.79 Å². The summed E-state index contributed by atoms with van der Waals surface area (Å²) in [5, 5.41) is 0. The van der Waals surface area contributed by atoms with Gasteiger partial charge in [0.25, 0.3) is 0 Å². The maximum Gasteiger partial charge on any atom is 0.190 e. The average molecular weight is 198 g/mol. The Kier molecular flexibility index (Phi) is 3.34. The first-order valence-corrected chi connectivity index (χ1v) is 3.84. The van der Waals surface area contributed by atoms with Crippen LogP contribution in [-0.4, -0.2) is 13.4 Å². The number of halogens is 2. The van der Waals surface area contributed by atoms with E-state index in [1.165, 1.54) is 13.2 Å². The van der Waals surface area contributed by atoms with Crippen molar-refractivity contribution in [2.24, 2.45) is 0 Å². The van der Waals surface area contributed by atoms with Crippen molar-refractivity contribution in [1.29, 1.82) is 0 Å².